The Morgan fingerprint density at radius 3 is 2.67 bits per heavy atom. The van der Waals surface area contributed by atoms with E-state index in [1.165, 1.54) is 6.07 Å². The lowest BCUT2D eigenvalue weighted by Gasteiger charge is -2.15. The van der Waals surface area contributed by atoms with Gasteiger partial charge in [0.25, 0.3) is 5.69 Å². The number of benzene rings is 2. The van der Waals surface area contributed by atoms with Gasteiger partial charge in [0, 0.05) is 29.2 Å². The molecule has 5 heteroatoms. The van der Waals surface area contributed by atoms with Gasteiger partial charge in [-0.25, -0.2) is 0 Å². The van der Waals surface area contributed by atoms with Gasteiger partial charge in [-0.15, -0.1) is 0 Å². The maximum Gasteiger partial charge on any atom is 0.272 e. The Kier molecular flexibility index (Phi) is 4.94. The van der Waals surface area contributed by atoms with Crippen molar-refractivity contribution in [1.29, 1.82) is 0 Å². The molecular weight excluding hydrogens is 288 g/mol. The van der Waals surface area contributed by atoms with Crippen molar-refractivity contribution in [2.75, 3.05) is 0 Å². The summed E-state index contributed by atoms with van der Waals surface area (Å²) in [6, 6.07) is 12.9. The number of hydrogen-bond donors (Lipinski definition) is 1. The predicted octanol–water partition coefficient (Wildman–Crippen LogP) is 4.41. The molecule has 0 fully saturated rings. The van der Waals surface area contributed by atoms with Crippen molar-refractivity contribution in [2.24, 2.45) is 0 Å². The molecule has 0 aliphatic rings. The topological polar surface area (TPSA) is 55.2 Å². The zero-order chi connectivity index (χ0) is 15.4. The number of nitro benzene ring substituents is 1. The van der Waals surface area contributed by atoms with Crippen LogP contribution in [0.2, 0.25) is 5.02 Å². The molecule has 2 aromatic carbocycles. The first-order valence-corrected chi connectivity index (χ1v) is 7.08. The molecular formula is C16H17ClN2O2. The first-order valence-electron chi connectivity index (χ1n) is 6.70. The molecule has 0 aliphatic carbocycles. The molecule has 0 heterocycles. The van der Waals surface area contributed by atoms with Crippen LogP contribution in [0.25, 0.3) is 0 Å². The molecule has 0 saturated heterocycles. The molecule has 4 nitrogen and oxygen atoms in total. The van der Waals surface area contributed by atoms with Crippen LogP contribution in [0.1, 0.15) is 29.7 Å². The molecule has 2 aromatic rings. The summed E-state index contributed by atoms with van der Waals surface area (Å²) < 4.78 is 0. The Morgan fingerprint density at radius 1 is 1.29 bits per heavy atom. The molecule has 0 spiro atoms. The highest BCUT2D eigenvalue weighted by atomic mass is 35.5. The maximum atomic E-state index is 10.9. The summed E-state index contributed by atoms with van der Waals surface area (Å²) in [7, 11) is 0. The average molecular weight is 305 g/mol. The number of halogens is 1. The van der Waals surface area contributed by atoms with E-state index in [1.807, 2.05) is 37.3 Å². The molecule has 0 amide bonds. The summed E-state index contributed by atoms with van der Waals surface area (Å²) in [6.07, 6.45) is 0. The van der Waals surface area contributed by atoms with Gasteiger partial charge >= 0.3 is 0 Å². The highest BCUT2D eigenvalue weighted by Gasteiger charge is 2.13. The van der Waals surface area contributed by atoms with Crippen molar-refractivity contribution in [2.45, 2.75) is 26.4 Å². The SMILES string of the molecule is Cc1c(CNC(C)c2cccc(Cl)c2)cccc1[N+](=O)[O-]. The van der Waals surface area contributed by atoms with Crippen LogP contribution in [0.15, 0.2) is 42.5 Å². The minimum atomic E-state index is -0.348. The number of nitrogens with one attached hydrogen (secondary N) is 1. The second-order valence-corrected chi connectivity index (χ2v) is 5.41. The molecule has 0 radical (unpaired) electrons. The van der Waals surface area contributed by atoms with Gasteiger partial charge in [-0.1, -0.05) is 35.9 Å². The number of rotatable bonds is 5. The van der Waals surface area contributed by atoms with E-state index in [9.17, 15) is 10.1 Å². The first kappa shape index (κ1) is 15.5. The quantitative estimate of drug-likeness (QED) is 0.657. The van der Waals surface area contributed by atoms with Gasteiger partial charge in [0.05, 0.1) is 4.92 Å². The Hall–Kier alpha value is -1.91. The summed E-state index contributed by atoms with van der Waals surface area (Å²) in [6.45, 7) is 4.39. The van der Waals surface area contributed by atoms with Gasteiger partial charge in [0.15, 0.2) is 0 Å². The fraction of sp³-hybridized carbons (Fsp3) is 0.250. The van der Waals surface area contributed by atoms with Crippen LogP contribution in [-0.2, 0) is 6.54 Å². The Morgan fingerprint density at radius 2 is 2.00 bits per heavy atom. The van der Waals surface area contributed by atoms with E-state index in [1.54, 1.807) is 13.0 Å². The largest absolute Gasteiger partial charge is 0.306 e. The molecule has 0 aromatic heterocycles. The fourth-order valence-electron chi connectivity index (χ4n) is 2.22. The van der Waals surface area contributed by atoms with E-state index in [4.69, 9.17) is 11.6 Å². The van der Waals surface area contributed by atoms with Crippen LogP contribution in [-0.4, -0.2) is 4.92 Å². The lowest BCUT2D eigenvalue weighted by atomic mass is 10.1. The summed E-state index contributed by atoms with van der Waals surface area (Å²) in [5.41, 5.74) is 2.88. The van der Waals surface area contributed by atoms with Gasteiger partial charge in [-0.2, -0.15) is 0 Å². The molecule has 1 N–H and O–H groups in total. The van der Waals surface area contributed by atoms with Crippen LogP contribution in [0.5, 0.6) is 0 Å². The Labute approximate surface area is 128 Å². The van der Waals surface area contributed by atoms with Crippen molar-refractivity contribution in [3.63, 3.8) is 0 Å². The van der Waals surface area contributed by atoms with Crippen LogP contribution >= 0.6 is 11.6 Å². The van der Waals surface area contributed by atoms with Gasteiger partial charge < -0.3 is 5.32 Å². The standard InChI is InChI=1S/C16H17ClN2O2/c1-11-14(6-4-8-16(11)19(20)21)10-18-12(2)13-5-3-7-15(17)9-13/h3-9,12,18H,10H2,1-2H3. The zero-order valence-corrected chi connectivity index (χ0v) is 12.7. The van der Waals surface area contributed by atoms with Crippen LogP contribution in [0.4, 0.5) is 5.69 Å². The van der Waals surface area contributed by atoms with Gasteiger partial charge in [0.1, 0.15) is 0 Å². The predicted molar refractivity (Wildman–Crippen MR) is 84.5 cm³/mol. The van der Waals surface area contributed by atoms with Crippen molar-refractivity contribution in [3.05, 3.63) is 74.3 Å². The van der Waals surface area contributed by atoms with Gasteiger partial charge in [0.2, 0.25) is 0 Å². The van der Waals surface area contributed by atoms with Crippen LogP contribution in [0.3, 0.4) is 0 Å². The Bertz CT molecular complexity index is 658. The molecule has 1 unspecified atom stereocenters. The second kappa shape index (κ2) is 6.70. The van der Waals surface area contributed by atoms with Crippen LogP contribution in [0, 0.1) is 17.0 Å². The number of nitrogens with zero attached hydrogens (tertiary/aromatic N) is 1. The lowest BCUT2D eigenvalue weighted by molar-refractivity contribution is -0.385. The third kappa shape index (κ3) is 3.80. The number of nitro groups is 1. The van der Waals surface area contributed by atoms with E-state index in [0.717, 1.165) is 11.1 Å². The minimum absolute atomic E-state index is 0.113. The van der Waals surface area contributed by atoms with E-state index < -0.39 is 0 Å². The minimum Gasteiger partial charge on any atom is -0.306 e. The summed E-state index contributed by atoms with van der Waals surface area (Å²) >= 11 is 5.98. The molecule has 0 aliphatic heterocycles. The zero-order valence-electron chi connectivity index (χ0n) is 12.0. The van der Waals surface area contributed by atoms with E-state index >= 15 is 0 Å². The molecule has 110 valence electrons. The molecule has 21 heavy (non-hydrogen) atoms. The smallest absolute Gasteiger partial charge is 0.272 e. The lowest BCUT2D eigenvalue weighted by Crippen LogP contribution is -2.18. The normalized spacial score (nSPS) is 12.1. The van der Waals surface area contributed by atoms with E-state index in [2.05, 4.69) is 5.32 Å². The van der Waals surface area contributed by atoms with E-state index in [-0.39, 0.29) is 16.7 Å². The van der Waals surface area contributed by atoms with Gasteiger partial charge in [-0.05, 0) is 37.1 Å². The van der Waals surface area contributed by atoms with Crippen molar-refractivity contribution >= 4 is 17.3 Å². The summed E-state index contributed by atoms with van der Waals surface area (Å²) in [4.78, 5) is 10.6. The monoisotopic (exact) mass is 304 g/mol. The third-order valence-electron chi connectivity index (χ3n) is 3.56. The van der Waals surface area contributed by atoms with Crippen molar-refractivity contribution in [3.8, 4) is 0 Å². The van der Waals surface area contributed by atoms with Crippen molar-refractivity contribution < 1.29 is 4.92 Å². The molecule has 0 bridgehead atoms. The highest BCUT2D eigenvalue weighted by Crippen LogP contribution is 2.22. The van der Waals surface area contributed by atoms with Crippen LogP contribution < -0.4 is 5.32 Å². The molecule has 0 saturated carbocycles. The second-order valence-electron chi connectivity index (χ2n) is 4.98. The first-order chi connectivity index (χ1) is 9.99. The summed E-state index contributed by atoms with van der Waals surface area (Å²) in [5.74, 6) is 0. The Balaban J connectivity index is 2.10. The average Bonchev–Trinajstić information content (AvgIpc) is 2.45. The maximum absolute atomic E-state index is 10.9. The summed E-state index contributed by atoms with van der Waals surface area (Å²) in [5, 5.41) is 15.0. The fourth-order valence-corrected chi connectivity index (χ4v) is 2.41. The van der Waals surface area contributed by atoms with E-state index in [0.29, 0.717) is 17.1 Å². The highest BCUT2D eigenvalue weighted by molar-refractivity contribution is 6.30. The number of hydrogen-bond acceptors (Lipinski definition) is 3. The molecule has 2 rings (SSSR count). The third-order valence-corrected chi connectivity index (χ3v) is 3.80. The van der Waals surface area contributed by atoms with Crippen molar-refractivity contribution in [1.82, 2.24) is 5.32 Å². The van der Waals surface area contributed by atoms with Gasteiger partial charge in [-0.3, -0.25) is 10.1 Å². The molecule has 1 atom stereocenters.